The SMILES string of the molecule is CN1NC=CCC1=O. The number of rotatable bonds is 0. The molecule has 1 aliphatic rings. The molecule has 3 heteroatoms. The lowest BCUT2D eigenvalue weighted by Crippen LogP contribution is -2.38. The molecular formula is C5H8N2O. The number of hydrogen-bond donors (Lipinski definition) is 1. The van der Waals surface area contributed by atoms with E-state index in [9.17, 15) is 4.79 Å². The molecular weight excluding hydrogens is 104 g/mol. The molecule has 0 saturated heterocycles. The Labute approximate surface area is 47.9 Å². The number of hydrogen-bond acceptors (Lipinski definition) is 2. The fraction of sp³-hybridized carbons (Fsp3) is 0.400. The normalized spacial score (nSPS) is 18.6. The molecule has 0 aliphatic carbocycles. The van der Waals surface area contributed by atoms with E-state index in [1.165, 1.54) is 5.01 Å². The summed E-state index contributed by atoms with van der Waals surface area (Å²) in [5.74, 6) is 0.104. The zero-order chi connectivity index (χ0) is 5.98. The maximum absolute atomic E-state index is 10.6. The van der Waals surface area contributed by atoms with Gasteiger partial charge in [-0.3, -0.25) is 9.80 Å². The van der Waals surface area contributed by atoms with Crippen LogP contribution < -0.4 is 5.43 Å². The van der Waals surface area contributed by atoms with Gasteiger partial charge in [-0.25, -0.2) is 0 Å². The first-order valence-electron chi connectivity index (χ1n) is 2.48. The van der Waals surface area contributed by atoms with Crippen LogP contribution in [0.2, 0.25) is 0 Å². The number of nitrogens with zero attached hydrogens (tertiary/aromatic N) is 1. The van der Waals surface area contributed by atoms with Crippen molar-refractivity contribution in [3.8, 4) is 0 Å². The van der Waals surface area contributed by atoms with Gasteiger partial charge in [0.25, 0.3) is 0 Å². The summed E-state index contributed by atoms with van der Waals surface area (Å²) < 4.78 is 0. The van der Waals surface area contributed by atoms with Gasteiger partial charge in [0.1, 0.15) is 0 Å². The van der Waals surface area contributed by atoms with E-state index < -0.39 is 0 Å². The molecule has 8 heavy (non-hydrogen) atoms. The molecule has 1 amide bonds. The lowest BCUT2D eigenvalue weighted by Gasteiger charge is -2.18. The monoisotopic (exact) mass is 112 g/mol. The molecule has 1 rings (SSSR count). The molecule has 44 valence electrons. The molecule has 1 N–H and O–H groups in total. The molecule has 0 aromatic rings. The summed E-state index contributed by atoms with van der Waals surface area (Å²) in [6.45, 7) is 0. The summed E-state index contributed by atoms with van der Waals surface area (Å²) in [5.41, 5.74) is 2.73. The lowest BCUT2D eigenvalue weighted by molar-refractivity contribution is -0.131. The number of hydrazine groups is 1. The van der Waals surface area contributed by atoms with Gasteiger partial charge in [0.2, 0.25) is 5.91 Å². The molecule has 1 heterocycles. The highest BCUT2D eigenvalue weighted by atomic mass is 16.2. The van der Waals surface area contributed by atoms with Gasteiger partial charge in [-0.2, -0.15) is 0 Å². The van der Waals surface area contributed by atoms with Crippen molar-refractivity contribution >= 4 is 5.91 Å². The summed E-state index contributed by atoms with van der Waals surface area (Å²) in [4.78, 5) is 10.6. The third-order valence-electron chi connectivity index (χ3n) is 1.05. The van der Waals surface area contributed by atoms with E-state index >= 15 is 0 Å². The number of carbonyl (C=O) groups is 1. The highest BCUT2D eigenvalue weighted by molar-refractivity contribution is 5.77. The third-order valence-corrected chi connectivity index (χ3v) is 1.05. The van der Waals surface area contributed by atoms with Crippen LogP contribution in [0.15, 0.2) is 12.3 Å². The molecule has 0 bridgehead atoms. The van der Waals surface area contributed by atoms with Gasteiger partial charge in [0.05, 0.1) is 0 Å². The standard InChI is InChI=1S/C5H8N2O/c1-7-5(8)3-2-4-6-7/h2,4,6H,3H2,1H3. The Morgan fingerprint density at radius 3 is 3.00 bits per heavy atom. The fourth-order valence-electron chi connectivity index (χ4n) is 0.533. The molecule has 0 radical (unpaired) electrons. The Morgan fingerprint density at radius 2 is 2.62 bits per heavy atom. The van der Waals surface area contributed by atoms with Crippen LogP contribution in [0.1, 0.15) is 6.42 Å². The number of carbonyl (C=O) groups excluding carboxylic acids is 1. The van der Waals surface area contributed by atoms with Crippen molar-refractivity contribution in [3.63, 3.8) is 0 Å². The summed E-state index contributed by atoms with van der Waals surface area (Å²) in [5, 5.41) is 1.46. The maximum atomic E-state index is 10.6. The van der Waals surface area contributed by atoms with Crippen molar-refractivity contribution in [2.75, 3.05) is 7.05 Å². The average Bonchev–Trinajstić information content (AvgIpc) is 1.77. The Hall–Kier alpha value is -0.990. The quantitative estimate of drug-likeness (QED) is 0.473. The van der Waals surface area contributed by atoms with E-state index in [-0.39, 0.29) is 5.91 Å². The van der Waals surface area contributed by atoms with Crippen LogP contribution in [0.25, 0.3) is 0 Å². The highest BCUT2D eigenvalue weighted by Gasteiger charge is 2.06. The first-order chi connectivity index (χ1) is 3.80. The van der Waals surface area contributed by atoms with Gasteiger partial charge in [-0.05, 0) is 0 Å². The Bertz CT molecular complexity index is 130. The van der Waals surface area contributed by atoms with E-state index in [2.05, 4.69) is 5.43 Å². The van der Waals surface area contributed by atoms with E-state index in [1.54, 1.807) is 19.3 Å². The maximum Gasteiger partial charge on any atom is 0.244 e. The van der Waals surface area contributed by atoms with Gasteiger partial charge in [-0.15, -0.1) is 0 Å². The first kappa shape index (κ1) is 5.15. The summed E-state index contributed by atoms with van der Waals surface area (Å²) in [6, 6.07) is 0. The second-order valence-electron chi connectivity index (χ2n) is 1.69. The van der Waals surface area contributed by atoms with Crippen LogP contribution in [0.5, 0.6) is 0 Å². The third kappa shape index (κ3) is 0.804. The van der Waals surface area contributed by atoms with Crippen molar-refractivity contribution in [2.24, 2.45) is 0 Å². The minimum absolute atomic E-state index is 0.104. The lowest BCUT2D eigenvalue weighted by atomic mass is 10.3. The number of amides is 1. The molecule has 0 unspecified atom stereocenters. The first-order valence-corrected chi connectivity index (χ1v) is 2.48. The molecule has 0 fully saturated rings. The van der Waals surface area contributed by atoms with Crippen molar-refractivity contribution in [1.29, 1.82) is 0 Å². The molecule has 0 aromatic carbocycles. The van der Waals surface area contributed by atoms with Crippen molar-refractivity contribution in [3.05, 3.63) is 12.3 Å². The Kier molecular flexibility index (Phi) is 1.20. The zero-order valence-electron chi connectivity index (χ0n) is 4.72. The van der Waals surface area contributed by atoms with Crippen molar-refractivity contribution in [2.45, 2.75) is 6.42 Å². The molecule has 0 aromatic heterocycles. The second-order valence-corrected chi connectivity index (χ2v) is 1.69. The van der Waals surface area contributed by atoms with Crippen molar-refractivity contribution < 1.29 is 4.79 Å². The second kappa shape index (κ2) is 1.86. The Morgan fingerprint density at radius 1 is 1.88 bits per heavy atom. The predicted molar refractivity (Wildman–Crippen MR) is 29.7 cm³/mol. The zero-order valence-corrected chi connectivity index (χ0v) is 4.72. The molecule has 1 aliphatic heterocycles. The van der Waals surface area contributed by atoms with Crippen LogP contribution in [0.4, 0.5) is 0 Å². The van der Waals surface area contributed by atoms with Crippen LogP contribution in [-0.2, 0) is 4.79 Å². The van der Waals surface area contributed by atoms with Gasteiger partial charge in [0, 0.05) is 19.7 Å². The molecule has 0 spiro atoms. The minimum atomic E-state index is 0.104. The smallest absolute Gasteiger partial charge is 0.244 e. The van der Waals surface area contributed by atoms with Crippen molar-refractivity contribution in [1.82, 2.24) is 10.4 Å². The van der Waals surface area contributed by atoms with Crippen LogP contribution >= 0.6 is 0 Å². The van der Waals surface area contributed by atoms with Gasteiger partial charge in [-0.1, -0.05) is 6.08 Å². The molecule has 0 atom stereocenters. The highest BCUT2D eigenvalue weighted by Crippen LogP contribution is 1.93. The molecule has 0 saturated carbocycles. The summed E-state index contributed by atoms with van der Waals surface area (Å²) >= 11 is 0. The van der Waals surface area contributed by atoms with Crippen LogP contribution in [0.3, 0.4) is 0 Å². The predicted octanol–water partition coefficient (Wildman–Crippen LogP) is -0.133. The van der Waals surface area contributed by atoms with Gasteiger partial charge in [0.15, 0.2) is 0 Å². The topological polar surface area (TPSA) is 32.3 Å². The number of nitrogens with one attached hydrogen (secondary N) is 1. The van der Waals surface area contributed by atoms with Gasteiger partial charge < -0.3 is 5.43 Å². The Balaban J connectivity index is 2.57. The summed E-state index contributed by atoms with van der Waals surface area (Å²) in [7, 11) is 1.70. The molecule has 3 nitrogen and oxygen atoms in total. The van der Waals surface area contributed by atoms with Gasteiger partial charge >= 0.3 is 0 Å². The average molecular weight is 112 g/mol. The van der Waals surface area contributed by atoms with Crippen LogP contribution in [-0.4, -0.2) is 18.0 Å². The summed E-state index contributed by atoms with van der Waals surface area (Å²) in [6.07, 6.45) is 4.06. The minimum Gasteiger partial charge on any atom is -0.304 e. The van der Waals surface area contributed by atoms with Crippen LogP contribution in [0, 0.1) is 0 Å². The van der Waals surface area contributed by atoms with E-state index in [1.807, 2.05) is 0 Å². The van der Waals surface area contributed by atoms with E-state index in [0.717, 1.165) is 0 Å². The van der Waals surface area contributed by atoms with E-state index in [0.29, 0.717) is 6.42 Å². The fourth-order valence-corrected chi connectivity index (χ4v) is 0.533. The largest absolute Gasteiger partial charge is 0.304 e. The van der Waals surface area contributed by atoms with E-state index in [4.69, 9.17) is 0 Å².